The van der Waals surface area contributed by atoms with Crippen LogP contribution in [0, 0.1) is 5.92 Å². The summed E-state index contributed by atoms with van der Waals surface area (Å²) in [6, 6.07) is 13.9. The minimum absolute atomic E-state index is 0.109. The van der Waals surface area contributed by atoms with Crippen molar-refractivity contribution in [2.24, 2.45) is 5.92 Å². The van der Waals surface area contributed by atoms with Gasteiger partial charge in [-0.05, 0) is 92.5 Å². The van der Waals surface area contributed by atoms with Crippen LogP contribution in [0.5, 0.6) is 11.5 Å². The normalized spacial score (nSPS) is 28.0. The van der Waals surface area contributed by atoms with E-state index in [0.29, 0.717) is 25.8 Å². The van der Waals surface area contributed by atoms with E-state index in [1.807, 2.05) is 18.2 Å². The summed E-state index contributed by atoms with van der Waals surface area (Å²) in [7, 11) is 0. The molecule has 3 N–H and O–H groups in total. The van der Waals surface area contributed by atoms with Crippen molar-refractivity contribution >= 4 is 18.0 Å². The summed E-state index contributed by atoms with van der Waals surface area (Å²) < 4.78 is 6.27. The third-order valence-corrected chi connectivity index (χ3v) is 8.29. The Morgan fingerprint density at radius 2 is 1.84 bits per heavy atom. The van der Waals surface area contributed by atoms with Gasteiger partial charge < -0.3 is 20.3 Å². The van der Waals surface area contributed by atoms with Crippen LogP contribution in [0.4, 0.5) is 0 Å². The Labute approximate surface area is 218 Å². The van der Waals surface area contributed by atoms with Crippen LogP contribution >= 0.6 is 0 Å². The van der Waals surface area contributed by atoms with Gasteiger partial charge in [-0.25, -0.2) is 0 Å². The van der Waals surface area contributed by atoms with Gasteiger partial charge in [0.15, 0.2) is 0 Å². The number of phenolic OH excluding ortho intramolecular Hbond substituents is 2. The Morgan fingerprint density at radius 3 is 2.54 bits per heavy atom. The Hall–Kier alpha value is -3.32. The number of rotatable bonds is 7. The SMILES string of the molecule is CC(=O)O[C@]12CC[C@H](NC(=O)C=Cc3cccc(O)c3)C[C@]1(c1cccc(O)c1)CCN(CC1CC1)C2. The summed E-state index contributed by atoms with van der Waals surface area (Å²) in [4.78, 5) is 27.8. The highest BCUT2D eigenvalue weighted by Gasteiger charge is 2.61. The first-order valence-electron chi connectivity index (χ1n) is 13.3. The summed E-state index contributed by atoms with van der Waals surface area (Å²) in [6.45, 7) is 4.05. The predicted molar refractivity (Wildman–Crippen MR) is 141 cm³/mol. The van der Waals surface area contributed by atoms with Crippen molar-refractivity contribution in [1.29, 1.82) is 0 Å². The topological polar surface area (TPSA) is 99.1 Å². The lowest BCUT2D eigenvalue weighted by Gasteiger charge is -2.59. The third-order valence-electron chi connectivity index (χ3n) is 8.29. The Bertz CT molecular complexity index is 1190. The molecule has 5 rings (SSSR count). The van der Waals surface area contributed by atoms with E-state index in [4.69, 9.17) is 4.74 Å². The quantitative estimate of drug-likeness (QED) is 0.387. The molecule has 1 heterocycles. The number of fused-ring (bicyclic) bond motifs is 1. The molecule has 0 unspecified atom stereocenters. The number of phenols is 2. The maximum Gasteiger partial charge on any atom is 0.303 e. The fraction of sp³-hybridized carbons (Fsp3) is 0.467. The molecule has 0 bridgehead atoms. The molecule has 7 nitrogen and oxygen atoms in total. The summed E-state index contributed by atoms with van der Waals surface area (Å²) in [5, 5.41) is 23.2. The predicted octanol–water partition coefficient (Wildman–Crippen LogP) is 4.14. The average molecular weight is 505 g/mol. The second kappa shape index (κ2) is 10.2. The van der Waals surface area contributed by atoms with Gasteiger partial charge in [0.25, 0.3) is 0 Å². The van der Waals surface area contributed by atoms with Gasteiger partial charge in [-0.2, -0.15) is 0 Å². The number of likely N-dealkylation sites (tertiary alicyclic amines) is 1. The van der Waals surface area contributed by atoms with Gasteiger partial charge in [0.1, 0.15) is 17.1 Å². The second-order valence-corrected chi connectivity index (χ2v) is 11.0. The van der Waals surface area contributed by atoms with E-state index in [0.717, 1.165) is 36.6 Å². The number of benzene rings is 2. The number of piperidine rings is 1. The van der Waals surface area contributed by atoms with Crippen molar-refractivity contribution < 1.29 is 24.5 Å². The zero-order chi connectivity index (χ0) is 26.0. The molecule has 1 saturated heterocycles. The van der Waals surface area contributed by atoms with E-state index >= 15 is 0 Å². The second-order valence-electron chi connectivity index (χ2n) is 11.0. The third kappa shape index (κ3) is 5.52. The molecule has 196 valence electrons. The number of ether oxygens (including phenoxy) is 1. The van der Waals surface area contributed by atoms with E-state index in [-0.39, 0.29) is 29.4 Å². The van der Waals surface area contributed by atoms with Gasteiger partial charge in [0.2, 0.25) is 5.91 Å². The largest absolute Gasteiger partial charge is 0.508 e. The molecule has 2 saturated carbocycles. The molecule has 3 fully saturated rings. The molecule has 0 aromatic heterocycles. The average Bonchev–Trinajstić information content (AvgIpc) is 3.67. The number of nitrogens with one attached hydrogen (secondary N) is 1. The molecule has 3 aliphatic rings. The van der Waals surface area contributed by atoms with Gasteiger partial charge in [-0.15, -0.1) is 0 Å². The van der Waals surface area contributed by atoms with Crippen molar-refractivity contribution in [3.8, 4) is 11.5 Å². The number of aromatic hydroxyl groups is 2. The molecule has 2 aromatic carbocycles. The standard InChI is InChI=1S/C30H36N2O5/c1-21(33)37-30-13-12-25(31-28(36)11-10-22-4-2-6-26(34)16-22)18-29(30,24-5-3-7-27(35)17-24)14-15-32(20-30)19-23-8-9-23/h2-7,10-11,16-17,23,25,34-35H,8-9,12-15,18-20H2,1H3,(H,31,36)/t25-,29-,30-/m0/s1. The maximum atomic E-state index is 12.9. The van der Waals surface area contributed by atoms with Crippen molar-refractivity contribution in [2.45, 2.75) is 62.5 Å². The lowest BCUT2D eigenvalue weighted by atomic mass is 9.55. The molecule has 0 radical (unpaired) electrons. The Kier molecular flexibility index (Phi) is 6.99. The van der Waals surface area contributed by atoms with Crippen molar-refractivity contribution in [2.75, 3.05) is 19.6 Å². The molecule has 1 aliphatic heterocycles. The van der Waals surface area contributed by atoms with Gasteiger partial charge in [0.05, 0.1) is 0 Å². The molecular formula is C30H36N2O5. The van der Waals surface area contributed by atoms with Gasteiger partial charge in [0, 0.05) is 37.5 Å². The van der Waals surface area contributed by atoms with Crippen LogP contribution in [0.2, 0.25) is 0 Å². The highest BCUT2D eigenvalue weighted by atomic mass is 16.6. The number of esters is 1. The zero-order valence-electron chi connectivity index (χ0n) is 21.4. The van der Waals surface area contributed by atoms with Gasteiger partial charge in [-0.3, -0.25) is 14.5 Å². The first kappa shape index (κ1) is 25.3. The van der Waals surface area contributed by atoms with Gasteiger partial charge >= 0.3 is 5.97 Å². The summed E-state index contributed by atoms with van der Waals surface area (Å²) in [5.41, 5.74) is 0.446. The molecule has 37 heavy (non-hydrogen) atoms. The lowest BCUT2D eigenvalue weighted by molar-refractivity contribution is -0.187. The van der Waals surface area contributed by atoms with Crippen molar-refractivity contribution in [3.05, 3.63) is 65.7 Å². The molecule has 1 amide bonds. The number of carbonyl (C=O) groups is 2. The fourth-order valence-corrected chi connectivity index (χ4v) is 6.48. The fourth-order valence-electron chi connectivity index (χ4n) is 6.48. The van der Waals surface area contributed by atoms with Crippen LogP contribution in [0.3, 0.4) is 0 Å². The van der Waals surface area contributed by atoms with Crippen molar-refractivity contribution in [3.63, 3.8) is 0 Å². The van der Waals surface area contributed by atoms with E-state index in [2.05, 4.69) is 10.2 Å². The minimum Gasteiger partial charge on any atom is -0.508 e. The number of carbonyl (C=O) groups excluding carboxylic acids is 2. The van der Waals surface area contributed by atoms with E-state index in [1.165, 1.54) is 25.8 Å². The molecular weight excluding hydrogens is 468 g/mol. The van der Waals surface area contributed by atoms with E-state index in [9.17, 15) is 19.8 Å². The smallest absolute Gasteiger partial charge is 0.303 e. The summed E-state index contributed by atoms with van der Waals surface area (Å²) >= 11 is 0. The lowest BCUT2D eigenvalue weighted by Crippen LogP contribution is -2.68. The first-order valence-corrected chi connectivity index (χ1v) is 13.3. The number of hydrogen-bond donors (Lipinski definition) is 3. The molecule has 2 aliphatic carbocycles. The van der Waals surface area contributed by atoms with E-state index < -0.39 is 11.0 Å². The molecule has 3 atom stereocenters. The van der Waals surface area contributed by atoms with Crippen LogP contribution in [0.15, 0.2) is 54.6 Å². The summed E-state index contributed by atoms with van der Waals surface area (Å²) in [6.07, 6.45) is 8.42. The molecule has 0 spiro atoms. The molecule has 2 aromatic rings. The maximum absolute atomic E-state index is 12.9. The van der Waals surface area contributed by atoms with Crippen molar-refractivity contribution in [1.82, 2.24) is 10.2 Å². The first-order chi connectivity index (χ1) is 17.8. The number of nitrogens with zero attached hydrogens (tertiary/aromatic N) is 1. The van der Waals surface area contributed by atoms with Crippen LogP contribution < -0.4 is 5.32 Å². The highest BCUT2D eigenvalue weighted by molar-refractivity contribution is 5.92. The van der Waals surface area contributed by atoms with Crippen LogP contribution in [-0.4, -0.2) is 58.3 Å². The van der Waals surface area contributed by atoms with Crippen LogP contribution in [0.1, 0.15) is 56.6 Å². The zero-order valence-corrected chi connectivity index (χ0v) is 21.4. The number of amides is 1. The Morgan fingerprint density at radius 1 is 1.08 bits per heavy atom. The van der Waals surface area contributed by atoms with E-state index in [1.54, 1.807) is 36.4 Å². The Balaban J connectivity index is 1.42. The highest BCUT2D eigenvalue weighted by Crippen LogP contribution is 2.54. The monoisotopic (exact) mass is 504 g/mol. The summed E-state index contributed by atoms with van der Waals surface area (Å²) in [5.74, 6) is 0.568. The molecule has 7 heteroatoms. The van der Waals surface area contributed by atoms with Crippen LogP contribution in [-0.2, 0) is 19.7 Å². The number of hydrogen-bond acceptors (Lipinski definition) is 6. The van der Waals surface area contributed by atoms with Gasteiger partial charge in [-0.1, -0.05) is 24.3 Å². The van der Waals surface area contributed by atoms with Crippen LogP contribution in [0.25, 0.3) is 6.08 Å². The minimum atomic E-state index is -0.724.